The molecule has 1 aromatic rings. The number of hydrogen-bond acceptors (Lipinski definition) is 4. The molecular weight excluding hydrogens is 294 g/mol. The predicted octanol–water partition coefficient (Wildman–Crippen LogP) is 1.26. The molecule has 126 valence electrons. The smallest absolute Gasteiger partial charge is 0.265 e. The van der Waals surface area contributed by atoms with E-state index in [0.717, 1.165) is 25.3 Å². The SMILES string of the molecule is CCN(CC)CCNC(=O)CCN1C(=O)COc2ccccc21. The maximum Gasteiger partial charge on any atom is 0.265 e. The van der Waals surface area contributed by atoms with Crippen molar-refractivity contribution in [2.24, 2.45) is 0 Å². The lowest BCUT2D eigenvalue weighted by Gasteiger charge is -2.29. The summed E-state index contributed by atoms with van der Waals surface area (Å²) in [7, 11) is 0. The van der Waals surface area contributed by atoms with Crippen molar-refractivity contribution >= 4 is 17.5 Å². The molecule has 23 heavy (non-hydrogen) atoms. The topological polar surface area (TPSA) is 61.9 Å². The van der Waals surface area contributed by atoms with Crippen molar-refractivity contribution in [3.8, 4) is 5.75 Å². The second kappa shape index (κ2) is 8.53. The highest BCUT2D eigenvalue weighted by molar-refractivity contribution is 5.98. The molecule has 0 radical (unpaired) electrons. The third-order valence-corrected chi connectivity index (χ3v) is 4.02. The van der Waals surface area contributed by atoms with Crippen molar-refractivity contribution in [3.05, 3.63) is 24.3 Å². The minimum absolute atomic E-state index is 0.0284. The molecule has 1 aromatic carbocycles. The maximum absolute atomic E-state index is 12.0. The largest absolute Gasteiger partial charge is 0.482 e. The molecule has 2 rings (SSSR count). The highest BCUT2D eigenvalue weighted by Crippen LogP contribution is 2.31. The second-order valence-corrected chi connectivity index (χ2v) is 5.43. The molecule has 1 heterocycles. The van der Waals surface area contributed by atoms with Crippen molar-refractivity contribution in [1.82, 2.24) is 10.2 Å². The fourth-order valence-electron chi connectivity index (χ4n) is 2.59. The fourth-order valence-corrected chi connectivity index (χ4v) is 2.59. The quantitative estimate of drug-likeness (QED) is 0.783. The lowest BCUT2D eigenvalue weighted by Crippen LogP contribution is -2.41. The first-order valence-corrected chi connectivity index (χ1v) is 8.17. The lowest BCUT2D eigenvalue weighted by molar-refractivity contribution is -0.122. The molecule has 0 aliphatic carbocycles. The van der Waals surface area contributed by atoms with Gasteiger partial charge in [0, 0.05) is 26.1 Å². The Kier molecular flexibility index (Phi) is 6.40. The number of benzene rings is 1. The van der Waals surface area contributed by atoms with Crippen LogP contribution in [0.2, 0.25) is 0 Å². The Morgan fingerprint density at radius 3 is 2.78 bits per heavy atom. The monoisotopic (exact) mass is 319 g/mol. The number of ether oxygens (including phenoxy) is 1. The second-order valence-electron chi connectivity index (χ2n) is 5.43. The Bertz CT molecular complexity index is 544. The molecule has 1 aliphatic rings. The van der Waals surface area contributed by atoms with E-state index in [9.17, 15) is 9.59 Å². The van der Waals surface area contributed by atoms with Crippen LogP contribution in [0.3, 0.4) is 0 Å². The van der Waals surface area contributed by atoms with Crippen LogP contribution in [0.1, 0.15) is 20.3 Å². The average Bonchev–Trinajstić information content (AvgIpc) is 2.58. The molecule has 0 bridgehead atoms. The van der Waals surface area contributed by atoms with Gasteiger partial charge in [0.05, 0.1) is 5.69 Å². The zero-order chi connectivity index (χ0) is 16.7. The summed E-state index contributed by atoms with van der Waals surface area (Å²) in [4.78, 5) is 27.9. The van der Waals surface area contributed by atoms with Gasteiger partial charge in [0.1, 0.15) is 5.75 Å². The van der Waals surface area contributed by atoms with Crippen LogP contribution >= 0.6 is 0 Å². The molecule has 0 saturated heterocycles. The Hall–Kier alpha value is -2.08. The first-order chi connectivity index (χ1) is 11.2. The van der Waals surface area contributed by atoms with Gasteiger partial charge in [-0.25, -0.2) is 0 Å². The number of nitrogens with one attached hydrogen (secondary N) is 1. The van der Waals surface area contributed by atoms with Crippen LogP contribution in [0.4, 0.5) is 5.69 Å². The molecule has 0 saturated carbocycles. The van der Waals surface area contributed by atoms with Gasteiger partial charge in [0.25, 0.3) is 5.91 Å². The van der Waals surface area contributed by atoms with E-state index in [1.165, 1.54) is 0 Å². The highest BCUT2D eigenvalue weighted by atomic mass is 16.5. The molecule has 6 nitrogen and oxygen atoms in total. The van der Waals surface area contributed by atoms with E-state index in [4.69, 9.17) is 4.74 Å². The number of likely N-dealkylation sites (N-methyl/N-ethyl adjacent to an activating group) is 1. The van der Waals surface area contributed by atoms with Crippen LogP contribution in [0.15, 0.2) is 24.3 Å². The summed E-state index contributed by atoms with van der Waals surface area (Å²) in [6.45, 7) is 8.04. The first kappa shape index (κ1) is 17.3. The third kappa shape index (κ3) is 4.69. The lowest BCUT2D eigenvalue weighted by atomic mass is 10.2. The molecule has 0 fully saturated rings. The zero-order valence-corrected chi connectivity index (χ0v) is 13.9. The maximum atomic E-state index is 12.0. The first-order valence-electron chi connectivity index (χ1n) is 8.17. The van der Waals surface area contributed by atoms with Gasteiger partial charge < -0.3 is 19.9 Å². The van der Waals surface area contributed by atoms with E-state index in [1.807, 2.05) is 24.3 Å². The molecule has 6 heteroatoms. The van der Waals surface area contributed by atoms with Gasteiger partial charge in [-0.05, 0) is 25.2 Å². The van der Waals surface area contributed by atoms with Gasteiger partial charge in [-0.15, -0.1) is 0 Å². The van der Waals surface area contributed by atoms with Crippen LogP contribution in [0.25, 0.3) is 0 Å². The van der Waals surface area contributed by atoms with Crippen LogP contribution < -0.4 is 15.0 Å². The van der Waals surface area contributed by atoms with Crippen molar-refractivity contribution in [1.29, 1.82) is 0 Å². The zero-order valence-electron chi connectivity index (χ0n) is 13.9. The summed E-state index contributed by atoms with van der Waals surface area (Å²) in [5.41, 5.74) is 0.736. The van der Waals surface area contributed by atoms with E-state index >= 15 is 0 Å². The van der Waals surface area contributed by atoms with Crippen LogP contribution in [-0.2, 0) is 9.59 Å². The van der Waals surface area contributed by atoms with Gasteiger partial charge in [0.15, 0.2) is 6.61 Å². The number of anilines is 1. The van der Waals surface area contributed by atoms with Crippen LogP contribution in [0.5, 0.6) is 5.75 Å². The Morgan fingerprint density at radius 2 is 2.04 bits per heavy atom. The number of rotatable bonds is 8. The van der Waals surface area contributed by atoms with Gasteiger partial charge in [-0.2, -0.15) is 0 Å². The molecule has 2 amide bonds. The average molecular weight is 319 g/mol. The fraction of sp³-hybridized carbons (Fsp3) is 0.529. The van der Waals surface area contributed by atoms with Gasteiger partial charge >= 0.3 is 0 Å². The number of amides is 2. The van der Waals surface area contributed by atoms with E-state index in [1.54, 1.807) is 4.90 Å². The minimum atomic E-state index is -0.111. The summed E-state index contributed by atoms with van der Waals surface area (Å²) < 4.78 is 5.39. The van der Waals surface area contributed by atoms with Crippen LogP contribution in [0, 0.1) is 0 Å². The molecule has 0 aromatic heterocycles. The van der Waals surface area contributed by atoms with Crippen molar-refractivity contribution in [2.45, 2.75) is 20.3 Å². The number of hydrogen-bond donors (Lipinski definition) is 1. The molecule has 1 aliphatic heterocycles. The van der Waals surface area contributed by atoms with Crippen molar-refractivity contribution in [2.75, 3.05) is 44.2 Å². The normalized spacial score (nSPS) is 13.7. The summed E-state index contributed by atoms with van der Waals surface area (Å²) in [5, 5.41) is 2.91. The number of para-hydroxylation sites is 2. The molecule has 1 N–H and O–H groups in total. The van der Waals surface area contributed by atoms with Gasteiger partial charge in [-0.1, -0.05) is 26.0 Å². The van der Waals surface area contributed by atoms with Gasteiger partial charge in [-0.3, -0.25) is 9.59 Å². The molecule has 0 spiro atoms. The van der Waals surface area contributed by atoms with E-state index in [2.05, 4.69) is 24.1 Å². The number of carbonyl (C=O) groups is 2. The van der Waals surface area contributed by atoms with E-state index in [0.29, 0.717) is 25.3 Å². The minimum Gasteiger partial charge on any atom is -0.482 e. The van der Waals surface area contributed by atoms with E-state index in [-0.39, 0.29) is 18.4 Å². The standard InChI is InChI=1S/C17H25N3O3/c1-3-19(4-2)12-10-18-16(21)9-11-20-14-7-5-6-8-15(14)23-13-17(20)22/h5-8H,3-4,9-13H2,1-2H3,(H,18,21). The summed E-state index contributed by atoms with van der Waals surface area (Å²) >= 11 is 0. The number of fused-ring (bicyclic) bond motifs is 1. The highest BCUT2D eigenvalue weighted by Gasteiger charge is 2.25. The predicted molar refractivity (Wildman–Crippen MR) is 89.7 cm³/mol. The molecular formula is C17H25N3O3. The summed E-state index contributed by atoms with van der Waals surface area (Å²) in [6, 6.07) is 7.40. The Balaban J connectivity index is 1.81. The third-order valence-electron chi connectivity index (χ3n) is 4.02. The Morgan fingerprint density at radius 1 is 1.30 bits per heavy atom. The van der Waals surface area contributed by atoms with E-state index < -0.39 is 0 Å². The van der Waals surface area contributed by atoms with Gasteiger partial charge in [0.2, 0.25) is 5.91 Å². The van der Waals surface area contributed by atoms with Crippen LogP contribution in [-0.4, -0.2) is 56.0 Å². The van der Waals surface area contributed by atoms with Crippen molar-refractivity contribution in [3.63, 3.8) is 0 Å². The molecule has 0 unspecified atom stereocenters. The summed E-state index contributed by atoms with van der Waals surface area (Å²) in [6.07, 6.45) is 0.290. The number of carbonyl (C=O) groups excluding carboxylic acids is 2. The number of nitrogens with zero attached hydrogens (tertiary/aromatic N) is 2. The summed E-state index contributed by atoms with van der Waals surface area (Å²) in [5.74, 6) is 0.544. The van der Waals surface area contributed by atoms with Crippen molar-refractivity contribution < 1.29 is 14.3 Å². The Labute approximate surface area is 137 Å². The molecule has 0 atom stereocenters.